The Morgan fingerprint density at radius 2 is 2.22 bits per heavy atom. The van der Waals surface area contributed by atoms with Crippen LogP contribution in [0.3, 0.4) is 0 Å². The van der Waals surface area contributed by atoms with E-state index in [-0.39, 0.29) is 5.71 Å². The van der Waals surface area contributed by atoms with Gasteiger partial charge in [-0.1, -0.05) is 0 Å². The maximum Gasteiger partial charge on any atom is 0.329 e. The molecule has 0 saturated heterocycles. The third kappa shape index (κ3) is 2.46. The predicted molar refractivity (Wildman–Crippen MR) is 35.1 cm³/mol. The zero-order chi connectivity index (χ0) is 7.44. The summed E-state index contributed by atoms with van der Waals surface area (Å²) in [6, 6.07) is 0. The second kappa shape index (κ2) is 3.45. The van der Waals surface area contributed by atoms with Crippen LogP contribution in [0.4, 0.5) is 0 Å². The summed E-state index contributed by atoms with van der Waals surface area (Å²) in [6.07, 6.45) is 0. The first-order valence-corrected chi connectivity index (χ1v) is 2.80. The number of carbonyl (C=O) groups excluding carboxylic acids is 1. The lowest BCUT2D eigenvalue weighted by molar-refractivity contribution is -0.138. The molecule has 0 aliphatic heterocycles. The molecule has 0 aliphatic rings. The molecule has 0 radical (unpaired) electrons. The first-order valence-electron chi connectivity index (χ1n) is 2.36. The van der Waals surface area contributed by atoms with Crippen LogP contribution in [0, 0.1) is 5.41 Å². The molecule has 0 spiro atoms. The molecule has 1 N–H and O–H groups in total. The van der Waals surface area contributed by atoms with E-state index in [4.69, 9.17) is 17.0 Å². The first kappa shape index (κ1) is 8.43. The summed E-state index contributed by atoms with van der Waals surface area (Å²) in [4.78, 5) is 10.5. The number of esters is 1. The van der Waals surface area contributed by atoms with Gasteiger partial charge in [-0.25, -0.2) is 0 Å². The van der Waals surface area contributed by atoms with Gasteiger partial charge in [0.25, 0.3) is 0 Å². The highest BCUT2D eigenvalue weighted by atomic mass is 35.5. The molecule has 1 unspecified atom stereocenters. The zero-order valence-corrected chi connectivity index (χ0v) is 6.03. The summed E-state index contributed by atoms with van der Waals surface area (Å²) >= 11 is 5.37. The second-order valence-corrected chi connectivity index (χ2v) is 2.01. The molecule has 0 aromatic carbocycles. The Labute approximate surface area is 58.5 Å². The number of hydrogen-bond acceptors (Lipinski definition) is 3. The van der Waals surface area contributed by atoms with Gasteiger partial charge in [0.05, 0.1) is 7.11 Å². The van der Waals surface area contributed by atoms with Gasteiger partial charge in [0.1, 0.15) is 0 Å². The monoisotopic (exact) mass is 149 g/mol. The Balaban J connectivity index is 3.88. The Morgan fingerprint density at radius 1 is 1.78 bits per heavy atom. The fourth-order valence-electron chi connectivity index (χ4n) is 0.280. The van der Waals surface area contributed by atoms with Gasteiger partial charge in [0.15, 0.2) is 5.38 Å². The van der Waals surface area contributed by atoms with Crippen molar-refractivity contribution in [2.24, 2.45) is 0 Å². The van der Waals surface area contributed by atoms with Crippen molar-refractivity contribution in [1.29, 1.82) is 5.41 Å². The summed E-state index contributed by atoms with van der Waals surface area (Å²) in [5.74, 6) is -0.579. The molecule has 0 aliphatic carbocycles. The average molecular weight is 150 g/mol. The van der Waals surface area contributed by atoms with Crippen LogP contribution in [-0.2, 0) is 9.53 Å². The lowest BCUT2D eigenvalue weighted by Gasteiger charge is -2.02. The van der Waals surface area contributed by atoms with Crippen LogP contribution in [0.25, 0.3) is 0 Å². The minimum Gasteiger partial charge on any atom is -0.468 e. The maximum atomic E-state index is 10.5. The lowest BCUT2D eigenvalue weighted by Crippen LogP contribution is -2.22. The van der Waals surface area contributed by atoms with Gasteiger partial charge in [0.2, 0.25) is 0 Å². The Morgan fingerprint density at radius 3 is 2.33 bits per heavy atom. The molecule has 0 heterocycles. The number of carbonyl (C=O) groups is 1. The van der Waals surface area contributed by atoms with Crippen molar-refractivity contribution in [2.75, 3.05) is 7.11 Å². The summed E-state index contributed by atoms with van der Waals surface area (Å²) < 4.78 is 4.26. The number of hydrogen-bond donors (Lipinski definition) is 1. The number of halogens is 1. The van der Waals surface area contributed by atoms with Crippen LogP contribution < -0.4 is 0 Å². The third-order valence-corrected chi connectivity index (χ3v) is 1.29. The van der Waals surface area contributed by atoms with Gasteiger partial charge >= 0.3 is 5.97 Å². The van der Waals surface area contributed by atoms with Crippen molar-refractivity contribution in [3.63, 3.8) is 0 Å². The van der Waals surface area contributed by atoms with Crippen LogP contribution in [0.5, 0.6) is 0 Å². The van der Waals surface area contributed by atoms with Crippen LogP contribution in [-0.4, -0.2) is 24.2 Å². The van der Waals surface area contributed by atoms with Gasteiger partial charge in [-0.15, -0.1) is 11.6 Å². The Kier molecular flexibility index (Phi) is 3.24. The summed E-state index contributed by atoms with van der Waals surface area (Å²) in [7, 11) is 1.24. The predicted octanol–water partition coefficient (Wildman–Crippen LogP) is 0.806. The smallest absolute Gasteiger partial charge is 0.329 e. The van der Waals surface area contributed by atoms with Crippen LogP contribution in [0.15, 0.2) is 0 Å². The average Bonchev–Trinajstić information content (AvgIpc) is 1.84. The first-order chi connectivity index (χ1) is 4.09. The van der Waals surface area contributed by atoms with Gasteiger partial charge in [0, 0.05) is 5.71 Å². The van der Waals surface area contributed by atoms with Crippen molar-refractivity contribution in [2.45, 2.75) is 12.3 Å². The Bertz CT molecular complexity index is 135. The number of alkyl halides is 1. The molecule has 0 saturated carbocycles. The Hall–Kier alpha value is -0.570. The highest BCUT2D eigenvalue weighted by Crippen LogP contribution is 1.98. The SMILES string of the molecule is COC(=O)C(Cl)C(C)=N. The van der Waals surface area contributed by atoms with Crippen molar-refractivity contribution in [3.8, 4) is 0 Å². The second-order valence-electron chi connectivity index (χ2n) is 1.57. The molecule has 52 valence electrons. The van der Waals surface area contributed by atoms with E-state index in [0.29, 0.717) is 0 Å². The molecule has 0 aromatic heterocycles. The van der Waals surface area contributed by atoms with E-state index < -0.39 is 11.3 Å². The topological polar surface area (TPSA) is 50.2 Å². The number of nitrogens with one attached hydrogen (secondary N) is 1. The van der Waals surface area contributed by atoms with Gasteiger partial charge < -0.3 is 10.1 Å². The van der Waals surface area contributed by atoms with E-state index in [9.17, 15) is 4.79 Å². The van der Waals surface area contributed by atoms with Crippen molar-refractivity contribution >= 4 is 23.3 Å². The largest absolute Gasteiger partial charge is 0.468 e. The molecular formula is C5H8ClNO2. The van der Waals surface area contributed by atoms with Gasteiger partial charge in [-0.3, -0.25) is 4.79 Å². The number of ether oxygens (including phenoxy) is 1. The molecular weight excluding hydrogens is 142 g/mol. The summed E-state index contributed by atoms with van der Waals surface area (Å²) in [6.45, 7) is 1.45. The quantitative estimate of drug-likeness (QED) is 0.359. The lowest BCUT2D eigenvalue weighted by atomic mass is 10.3. The molecule has 0 aromatic rings. The third-order valence-electron chi connectivity index (χ3n) is 0.788. The van der Waals surface area contributed by atoms with Gasteiger partial charge in [-0.2, -0.15) is 0 Å². The molecule has 9 heavy (non-hydrogen) atoms. The molecule has 0 fully saturated rings. The maximum absolute atomic E-state index is 10.5. The van der Waals surface area contributed by atoms with E-state index in [1.165, 1.54) is 14.0 Å². The number of methoxy groups -OCH3 is 1. The highest BCUT2D eigenvalue weighted by molar-refractivity contribution is 6.41. The van der Waals surface area contributed by atoms with Crippen molar-refractivity contribution < 1.29 is 9.53 Å². The van der Waals surface area contributed by atoms with Crippen molar-refractivity contribution in [1.82, 2.24) is 0 Å². The molecule has 4 heteroatoms. The highest BCUT2D eigenvalue weighted by Gasteiger charge is 2.16. The summed E-state index contributed by atoms with van der Waals surface area (Å²) in [5.41, 5.74) is 0.100. The minimum atomic E-state index is -0.921. The van der Waals surface area contributed by atoms with Crippen LogP contribution in [0.1, 0.15) is 6.92 Å². The zero-order valence-electron chi connectivity index (χ0n) is 5.27. The molecule has 3 nitrogen and oxygen atoms in total. The van der Waals surface area contributed by atoms with E-state index in [0.717, 1.165) is 0 Å². The minimum absolute atomic E-state index is 0.100. The van der Waals surface area contributed by atoms with Gasteiger partial charge in [-0.05, 0) is 6.92 Å². The molecule has 1 atom stereocenters. The molecule has 0 amide bonds. The normalized spacial score (nSPS) is 12.3. The fraction of sp³-hybridized carbons (Fsp3) is 0.600. The van der Waals surface area contributed by atoms with E-state index in [1.54, 1.807) is 0 Å². The van der Waals surface area contributed by atoms with E-state index >= 15 is 0 Å². The summed E-state index contributed by atoms with van der Waals surface area (Å²) in [5, 5.41) is 5.98. The fourth-order valence-corrected chi connectivity index (χ4v) is 0.369. The molecule has 0 rings (SSSR count). The van der Waals surface area contributed by atoms with E-state index in [1.807, 2.05) is 0 Å². The molecule has 0 bridgehead atoms. The number of rotatable bonds is 2. The van der Waals surface area contributed by atoms with E-state index in [2.05, 4.69) is 4.74 Å². The van der Waals surface area contributed by atoms with Crippen LogP contribution >= 0.6 is 11.6 Å². The van der Waals surface area contributed by atoms with Crippen LogP contribution in [0.2, 0.25) is 0 Å². The standard InChI is InChI=1S/C5H8ClNO2/c1-3(7)4(6)5(8)9-2/h4,7H,1-2H3. The van der Waals surface area contributed by atoms with Crippen molar-refractivity contribution in [3.05, 3.63) is 0 Å².